The lowest BCUT2D eigenvalue weighted by atomic mass is 10.7. The van der Waals surface area contributed by atoms with E-state index in [1.807, 2.05) is 0 Å². The molecule has 5 heteroatoms. The fraction of sp³-hybridized carbons (Fsp3) is 0. The number of fused-ring (bicyclic) bond motifs is 1. The van der Waals surface area contributed by atoms with Gasteiger partial charge in [0.2, 0.25) is 11.8 Å². The van der Waals surface area contributed by atoms with Crippen LogP contribution in [0.3, 0.4) is 0 Å². The largest absolute Gasteiger partial charge is 0.493 e. The average Bonchev–Trinajstić information content (AvgIpc) is 2.43. The van der Waals surface area contributed by atoms with Gasteiger partial charge in [-0.25, -0.2) is 0 Å². The second kappa shape index (κ2) is 1.24. The van der Waals surface area contributed by atoms with E-state index in [4.69, 9.17) is 10.2 Å². The molecule has 0 atom stereocenters. The molecule has 0 radical (unpaired) electrons. The summed E-state index contributed by atoms with van der Waals surface area (Å²) < 4.78 is 1.67. The Labute approximate surface area is 54.5 Å². The molecule has 0 fully saturated rings. The van der Waals surface area contributed by atoms with Crippen LogP contribution in [-0.4, -0.2) is 19.2 Å². The topological polar surface area (TPSA) is 61.2 Å². The average molecular weight is 144 g/mol. The molecule has 0 bridgehead atoms. The van der Waals surface area contributed by atoms with E-state index in [9.17, 15) is 0 Å². The van der Waals surface area contributed by atoms with E-state index in [0.717, 1.165) is 5.00 Å². The highest BCUT2D eigenvalue weighted by Crippen LogP contribution is 2.36. The van der Waals surface area contributed by atoms with Crippen LogP contribution in [0.4, 0.5) is 0 Å². The van der Waals surface area contributed by atoms with E-state index < -0.39 is 0 Å². The quantitative estimate of drug-likeness (QED) is 0.510. The Morgan fingerprint density at radius 3 is 3.00 bits per heavy atom. The zero-order valence-corrected chi connectivity index (χ0v) is 5.14. The van der Waals surface area contributed by atoms with E-state index in [1.165, 1.54) is 17.7 Å². The van der Waals surface area contributed by atoms with Crippen molar-refractivity contribution < 1.29 is 10.2 Å². The van der Waals surface area contributed by atoms with E-state index in [0.29, 0.717) is 0 Å². The van der Waals surface area contributed by atoms with Crippen LogP contribution in [0.25, 0.3) is 5.00 Å². The Kier molecular flexibility index (Phi) is 0.656. The number of hydrogen-bond donors (Lipinski definition) is 3. The first-order valence-corrected chi connectivity index (χ1v) is 3.13. The number of rotatable bonds is 0. The van der Waals surface area contributed by atoms with Crippen molar-refractivity contribution in [2.45, 2.75) is 0 Å². The van der Waals surface area contributed by atoms with Crippen LogP contribution in [0.15, 0.2) is 6.20 Å². The summed E-state index contributed by atoms with van der Waals surface area (Å²) in [5.74, 6) is 0.00116. The van der Waals surface area contributed by atoms with Crippen molar-refractivity contribution >= 4 is 11.5 Å². The van der Waals surface area contributed by atoms with E-state index in [-0.39, 0.29) is 11.8 Å². The fourth-order valence-corrected chi connectivity index (χ4v) is 1.20. The van der Waals surface area contributed by atoms with Crippen LogP contribution >= 0.6 is 11.5 Å². The van der Waals surface area contributed by atoms with Crippen molar-refractivity contribution in [2.75, 3.05) is 0 Å². The van der Waals surface area contributed by atoms with Crippen LogP contribution in [0.1, 0.15) is 0 Å². The van der Waals surface area contributed by atoms with Gasteiger partial charge in [-0.15, -0.1) is 0 Å². The Morgan fingerprint density at radius 2 is 2.33 bits per heavy atom. The summed E-state index contributed by atoms with van der Waals surface area (Å²) >= 11 is 1.37. The summed E-state index contributed by atoms with van der Waals surface area (Å²) in [6, 6.07) is 0. The number of hydrogen-bond acceptors (Lipinski definition) is 3. The first kappa shape index (κ1) is 4.75. The second-order valence-electron chi connectivity index (χ2n) is 1.71. The lowest BCUT2D eigenvalue weighted by Gasteiger charge is -1.92. The third-order valence-electron chi connectivity index (χ3n) is 1.04. The van der Waals surface area contributed by atoms with Gasteiger partial charge in [0.25, 0.3) is 0 Å². The monoisotopic (exact) mass is 144 g/mol. The van der Waals surface area contributed by atoms with Gasteiger partial charge in [-0.3, -0.25) is 8.94 Å². The fourth-order valence-electron chi connectivity index (χ4n) is 0.623. The molecular weight excluding hydrogens is 140 g/mol. The highest BCUT2D eigenvalue weighted by Gasteiger charge is 2.16. The van der Waals surface area contributed by atoms with Gasteiger partial charge in [0.15, 0.2) is 5.00 Å². The molecule has 2 aliphatic heterocycles. The van der Waals surface area contributed by atoms with E-state index in [1.54, 1.807) is 3.96 Å². The Morgan fingerprint density at radius 1 is 1.56 bits per heavy atom. The number of H-pyrrole nitrogens is 1. The predicted octanol–water partition coefficient (Wildman–Crippen LogP) is 0.716. The number of nitrogens with zero attached hydrogens (tertiary/aromatic N) is 1. The molecule has 4 nitrogen and oxygen atoms in total. The number of aromatic amines is 1. The van der Waals surface area contributed by atoms with Crippen LogP contribution < -0.4 is 0 Å². The molecule has 0 spiro atoms. The van der Waals surface area contributed by atoms with Crippen LogP contribution in [0.5, 0.6) is 11.8 Å². The third kappa shape index (κ3) is 0.580. The molecular formula is C4H4N2O2S. The highest BCUT2D eigenvalue weighted by molar-refractivity contribution is 7.17. The Balaban J connectivity index is 2.70. The van der Waals surface area contributed by atoms with Crippen LogP contribution in [-0.2, 0) is 0 Å². The SMILES string of the molecule is Oc1cn2sc-2c(O)[nH]1. The number of aromatic nitrogens is 2. The normalized spacial score (nSPS) is 11.1. The van der Waals surface area contributed by atoms with Gasteiger partial charge in [-0.1, -0.05) is 0 Å². The maximum absolute atomic E-state index is 8.89. The molecule has 0 saturated carbocycles. The molecule has 0 aromatic heterocycles. The third-order valence-corrected chi connectivity index (χ3v) is 1.92. The minimum Gasteiger partial charge on any atom is -0.493 e. The lowest BCUT2D eigenvalue weighted by molar-refractivity contribution is 0.410. The standard InChI is InChI=1S/C4H4N2O2S/c7-2-1-6-4(9-6)3(8)5-2/h1,5,7-8H. The molecule has 0 unspecified atom stereocenters. The summed E-state index contributed by atoms with van der Waals surface area (Å²) in [4.78, 5) is 2.36. The smallest absolute Gasteiger partial charge is 0.229 e. The first-order valence-electron chi connectivity index (χ1n) is 2.35. The van der Waals surface area contributed by atoms with Crippen molar-refractivity contribution in [2.24, 2.45) is 0 Å². The van der Waals surface area contributed by atoms with Gasteiger partial charge in [-0.05, 0) is 11.5 Å². The summed E-state index contributed by atoms with van der Waals surface area (Å²) in [6.07, 6.45) is 1.50. The molecule has 9 heavy (non-hydrogen) atoms. The Hall–Kier alpha value is -1.10. The van der Waals surface area contributed by atoms with Crippen molar-refractivity contribution in [1.29, 1.82) is 0 Å². The van der Waals surface area contributed by atoms with Crippen molar-refractivity contribution in [1.82, 2.24) is 8.94 Å². The van der Waals surface area contributed by atoms with Crippen molar-refractivity contribution in [3.05, 3.63) is 6.20 Å². The van der Waals surface area contributed by atoms with Crippen LogP contribution in [0, 0.1) is 0 Å². The molecule has 48 valence electrons. The molecule has 3 N–H and O–H groups in total. The Bertz CT molecular complexity index is 294. The minimum atomic E-state index is -0.0266. The molecule has 0 saturated heterocycles. The molecule has 0 aromatic rings. The van der Waals surface area contributed by atoms with Crippen molar-refractivity contribution in [3.63, 3.8) is 0 Å². The van der Waals surface area contributed by atoms with Gasteiger partial charge >= 0.3 is 0 Å². The lowest BCUT2D eigenvalue weighted by Crippen LogP contribution is -1.79. The van der Waals surface area contributed by atoms with E-state index in [2.05, 4.69) is 4.98 Å². The first-order chi connectivity index (χ1) is 4.27. The molecule has 0 aromatic carbocycles. The van der Waals surface area contributed by atoms with Crippen LogP contribution in [0.2, 0.25) is 0 Å². The summed E-state index contributed by atoms with van der Waals surface area (Å²) in [7, 11) is 0. The van der Waals surface area contributed by atoms with Crippen molar-refractivity contribution in [3.8, 4) is 16.8 Å². The van der Waals surface area contributed by atoms with E-state index >= 15 is 0 Å². The maximum Gasteiger partial charge on any atom is 0.229 e. The molecule has 0 aliphatic carbocycles. The highest BCUT2D eigenvalue weighted by atomic mass is 32.1. The van der Waals surface area contributed by atoms with Gasteiger partial charge in [0.1, 0.15) is 0 Å². The zero-order valence-electron chi connectivity index (χ0n) is 4.33. The second-order valence-corrected chi connectivity index (χ2v) is 2.67. The molecule has 2 aliphatic rings. The molecule has 0 amide bonds. The summed E-state index contributed by atoms with van der Waals surface area (Å²) in [5.41, 5.74) is 0. The van der Waals surface area contributed by atoms with Gasteiger partial charge in [-0.2, -0.15) is 0 Å². The number of nitrogens with one attached hydrogen (secondary N) is 1. The zero-order chi connectivity index (χ0) is 6.43. The number of aromatic hydroxyl groups is 2. The van der Waals surface area contributed by atoms with Gasteiger partial charge in [0.05, 0.1) is 6.20 Å². The molecule has 2 heterocycles. The predicted molar refractivity (Wildman–Crippen MR) is 32.5 cm³/mol. The molecule has 2 rings (SSSR count). The van der Waals surface area contributed by atoms with Gasteiger partial charge in [0, 0.05) is 0 Å². The maximum atomic E-state index is 8.89. The summed E-state index contributed by atoms with van der Waals surface area (Å²) in [5, 5.41) is 18.4. The minimum absolute atomic E-state index is 0.0266. The van der Waals surface area contributed by atoms with Gasteiger partial charge < -0.3 is 10.2 Å². The summed E-state index contributed by atoms with van der Waals surface area (Å²) in [6.45, 7) is 0.